The van der Waals surface area contributed by atoms with Gasteiger partial charge in [-0.05, 0) is 30.3 Å². The molecule has 1 aliphatic rings. The lowest BCUT2D eigenvalue weighted by Gasteiger charge is -2.34. The van der Waals surface area contributed by atoms with Crippen LogP contribution in [0.5, 0.6) is 0 Å². The minimum absolute atomic E-state index is 0.0452. The zero-order chi connectivity index (χ0) is 22.2. The second kappa shape index (κ2) is 7.94. The van der Waals surface area contributed by atoms with Crippen molar-refractivity contribution in [3.05, 3.63) is 75.8 Å². The molecule has 31 heavy (non-hydrogen) atoms. The molecular formula is C21H17FN4O4S. The number of sulfonamides is 1. The van der Waals surface area contributed by atoms with Gasteiger partial charge in [-0.15, -0.1) is 0 Å². The molecule has 0 saturated carbocycles. The number of carbonyl (C=O) groups excluding carboxylic acids is 1. The summed E-state index contributed by atoms with van der Waals surface area (Å²) in [7, 11) is -3.89. The molecule has 0 bridgehead atoms. The van der Waals surface area contributed by atoms with E-state index in [0.29, 0.717) is 5.39 Å². The number of rotatable bonds is 3. The summed E-state index contributed by atoms with van der Waals surface area (Å²) < 4.78 is 40.6. The van der Waals surface area contributed by atoms with Gasteiger partial charge in [0.15, 0.2) is 0 Å². The van der Waals surface area contributed by atoms with Crippen molar-refractivity contribution < 1.29 is 17.6 Å². The number of H-pyrrole nitrogens is 1. The van der Waals surface area contributed by atoms with Crippen molar-refractivity contribution in [3.8, 4) is 6.07 Å². The Morgan fingerprint density at radius 2 is 1.77 bits per heavy atom. The zero-order valence-electron chi connectivity index (χ0n) is 16.2. The fraction of sp³-hybridized carbons (Fsp3) is 0.190. The number of pyridine rings is 1. The zero-order valence-corrected chi connectivity index (χ0v) is 17.0. The molecule has 1 saturated heterocycles. The van der Waals surface area contributed by atoms with Crippen molar-refractivity contribution in [2.45, 2.75) is 4.90 Å². The quantitative estimate of drug-likeness (QED) is 0.666. The van der Waals surface area contributed by atoms with Gasteiger partial charge in [0.2, 0.25) is 15.6 Å². The van der Waals surface area contributed by atoms with Gasteiger partial charge >= 0.3 is 0 Å². The molecule has 2 heterocycles. The third-order valence-electron chi connectivity index (χ3n) is 5.19. The van der Waals surface area contributed by atoms with Gasteiger partial charge in [-0.25, -0.2) is 12.8 Å². The number of piperazine rings is 1. The van der Waals surface area contributed by atoms with E-state index in [1.807, 2.05) is 6.07 Å². The van der Waals surface area contributed by atoms with Gasteiger partial charge in [0, 0.05) is 37.6 Å². The first-order chi connectivity index (χ1) is 14.8. The molecule has 0 unspecified atom stereocenters. The van der Waals surface area contributed by atoms with Crippen molar-refractivity contribution in [3.63, 3.8) is 0 Å². The molecule has 2 aromatic carbocycles. The number of fused-ring (bicyclic) bond motifs is 1. The number of benzene rings is 2. The molecule has 1 fully saturated rings. The average molecular weight is 440 g/mol. The molecule has 1 aromatic heterocycles. The van der Waals surface area contributed by atoms with Crippen LogP contribution in [0.4, 0.5) is 4.39 Å². The summed E-state index contributed by atoms with van der Waals surface area (Å²) in [6.07, 6.45) is 0. The van der Waals surface area contributed by atoms with E-state index in [1.54, 1.807) is 12.1 Å². The number of nitriles is 1. The minimum atomic E-state index is -3.89. The Kier molecular flexibility index (Phi) is 5.31. The monoisotopic (exact) mass is 440 g/mol. The number of nitrogens with one attached hydrogen (secondary N) is 1. The van der Waals surface area contributed by atoms with Crippen LogP contribution >= 0.6 is 0 Å². The summed E-state index contributed by atoms with van der Waals surface area (Å²) in [5.41, 5.74) is -0.131. The van der Waals surface area contributed by atoms with Gasteiger partial charge in [-0.3, -0.25) is 9.59 Å². The predicted molar refractivity (Wildman–Crippen MR) is 110 cm³/mol. The first kappa shape index (κ1) is 20.7. The molecule has 1 N–H and O–H groups in total. The van der Waals surface area contributed by atoms with E-state index in [0.717, 1.165) is 12.1 Å². The topological polar surface area (TPSA) is 114 Å². The number of aromatic amines is 1. The lowest BCUT2D eigenvalue weighted by atomic mass is 10.1. The Bertz CT molecular complexity index is 1390. The van der Waals surface area contributed by atoms with Crippen molar-refractivity contribution in [1.82, 2.24) is 14.2 Å². The molecule has 158 valence electrons. The number of halogens is 1. The molecule has 4 rings (SSSR count). The standard InChI is InChI=1S/C21H17FN4O4S/c22-15-5-6-16-17(12-20(27)24-18(16)11-15)21(28)25-7-9-26(10-8-25)31(29,30)19-4-2-1-3-14(19)13-23/h1-6,11-12H,7-10H2,(H,24,27). The molecule has 3 aromatic rings. The predicted octanol–water partition coefficient (Wildman–Crippen LogP) is 1.69. The number of aromatic nitrogens is 1. The highest BCUT2D eigenvalue weighted by Gasteiger charge is 2.32. The number of hydrogen-bond donors (Lipinski definition) is 1. The van der Waals surface area contributed by atoms with Crippen molar-refractivity contribution in [1.29, 1.82) is 5.26 Å². The first-order valence-corrected chi connectivity index (χ1v) is 10.9. The van der Waals surface area contributed by atoms with Crippen LogP contribution in [0.1, 0.15) is 15.9 Å². The summed E-state index contributed by atoms with van der Waals surface area (Å²) >= 11 is 0. The van der Waals surface area contributed by atoms with E-state index >= 15 is 0 Å². The second-order valence-electron chi connectivity index (χ2n) is 7.04. The van der Waals surface area contributed by atoms with Gasteiger partial charge in [0.1, 0.15) is 11.9 Å². The van der Waals surface area contributed by atoms with Crippen molar-refractivity contribution >= 4 is 26.8 Å². The van der Waals surface area contributed by atoms with Crippen LogP contribution in [0, 0.1) is 17.1 Å². The molecular weight excluding hydrogens is 423 g/mol. The van der Waals surface area contributed by atoms with Crippen LogP contribution in [-0.4, -0.2) is 54.7 Å². The van der Waals surface area contributed by atoms with Gasteiger partial charge in [0.25, 0.3) is 5.91 Å². The largest absolute Gasteiger partial charge is 0.336 e. The highest BCUT2D eigenvalue weighted by atomic mass is 32.2. The fourth-order valence-corrected chi connectivity index (χ4v) is 5.20. The highest BCUT2D eigenvalue weighted by Crippen LogP contribution is 2.23. The molecule has 0 aliphatic carbocycles. The average Bonchev–Trinajstić information content (AvgIpc) is 2.77. The Hall–Kier alpha value is -3.55. The molecule has 0 spiro atoms. The van der Waals surface area contributed by atoms with Crippen LogP contribution in [-0.2, 0) is 10.0 Å². The summed E-state index contributed by atoms with van der Waals surface area (Å²) in [6, 6.07) is 12.8. The number of carbonyl (C=O) groups is 1. The summed E-state index contributed by atoms with van der Waals surface area (Å²) in [6.45, 7) is 0.317. The molecule has 10 heteroatoms. The SMILES string of the molecule is N#Cc1ccccc1S(=O)(=O)N1CCN(C(=O)c2cc(=O)[nH]c3cc(F)ccc23)CC1. The minimum Gasteiger partial charge on any atom is -0.336 e. The van der Waals surface area contributed by atoms with E-state index < -0.39 is 27.3 Å². The molecule has 1 aliphatic heterocycles. The van der Waals surface area contributed by atoms with Crippen LogP contribution in [0.25, 0.3) is 10.9 Å². The lowest BCUT2D eigenvalue weighted by molar-refractivity contribution is 0.0699. The maximum absolute atomic E-state index is 13.5. The Balaban J connectivity index is 1.57. The molecule has 1 amide bonds. The van der Waals surface area contributed by atoms with Gasteiger partial charge in [0.05, 0.1) is 21.5 Å². The summed E-state index contributed by atoms with van der Waals surface area (Å²) in [5, 5.41) is 9.62. The van der Waals surface area contributed by atoms with Gasteiger partial charge < -0.3 is 9.88 Å². The lowest BCUT2D eigenvalue weighted by Crippen LogP contribution is -2.50. The first-order valence-electron chi connectivity index (χ1n) is 9.42. The summed E-state index contributed by atoms with van der Waals surface area (Å²) in [4.78, 5) is 28.9. The van der Waals surface area contributed by atoms with E-state index in [-0.39, 0.29) is 47.7 Å². The van der Waals surface area contributed by atoms with Crippen molar-refractivity contribution in [2.24, 2.45) is 0 Å². The van der Waals surface area contributed by atoms with Crippen LogP contribution < -0.4 is 5.56 Å². The maximum atomic E-state index is 13.5. The van der Waals surface area contributed by atoms with Crippen LogP contribution in [0.15, 0.2) is 58.2 Å². The van der Waals surface area contributed by atoms with E-state index in [2.05, 4.69) is 4.98 Å². The number of nitrogens with zero attached hydrogens (tertiary/aromatic N) is 3. The normalized spacial score (nSPS) is 15.0. The molecule has 0 atom stereocenters. The van der Waals surface area contributed by atoms with Gasteiger partial charge in [-0.2, -0.15) is 9.57 Å². The van der Waals surface area contributed by atoms with Crippen LogP contribution in [0.2, 0.25) is 0 Å². The smallest absolute Gasteiger partial charge is 0.254 e. The molecule has 0 radical (unpaired) electrons. The van der Waals surface area contributed by atoms with Crippen LogP contribution in [0.3, 0.4) is 0 Å². The number of amides is 1. The third kappa shape index (κ3) is 3.81. The Morgan fingerprint density at radius 3 is 2.48 bits per heavy atom. The Labute approximate surface area is 177 Å². The number of hydrogen-bond acceptors (Lipinski definition) is 5. The van der Waals surface area contributed by atoms with Crippen molar-refractivity contribution in [2.75, 3.05) is 26.2 Å². The third-order valence-corrected chi connectivity index (χ3v) is 7.14. The van der Waals surface area contributed by atoms with E-state index in [4.69, 9.17) is 0 Å². The Morgan fingerprint density at radius 1 is 1.06 bits per heavy atom. The fourth-order valence-electron chi connectivity index (χ4n) is 3.63. The molecule has 8 nitrogen and oxygen atoms in total. The second-order valence-corrected chi connectivity index (χ2v) is 8.95. The van der Waals surface area contributed by atoms with E-state index in [1.165, 1.54) is 33.5 Å². The summed E-state index contributed by atoms with van der Waals surface area (Å²) in [5.74, 6) is -0.971. The van der Waals surface area contributed by atoms with E-state index in [9.17, 15) is 27.7 Å². The maximum Gasteiger partial charge on any atom is 0.254 e. The highest BCUT2D eigenvalue weighted by molar-refractivity contribution is 7.89. The van der Waals surface area contributed by atoms with Gasteiger partial charge in [-0.1, -0.05) is 12.1 Å².